The molecule has 0 heterocycles. The lowest BCUT2D eigenvalue weighted by Gasteiger charge is -2.26. The van der Waals surface area contributed by atoms with Gasteiger partial charge in [-0.05, 0) is 50.9 Å². The quantitative estimate of drug-likeness (QED) is 0.525. The Morgan fingerprint density at radius 3 is 2.38 bits per heavy atom. The summed E-state index contributed by atoms with van der Waals surface area (Å²) in [4.78, 5) is 0. The minimum Gasteiger partial charge on any atom is -0.0738 e. The van der Waals surface area contributed by atoms with Gasteiger partial charge in [0.15, 0.2) is 0 Å². The van der Waals surface area contributed by atoms with Crippen molar-refractivity contribution in [2.45, 2.75) is 58.8 Å². The van der Waals surface area contributed by atoms with Crippen LogP contribution in [0, 0.1) is 11.8 Å². The first-order valence-electron chi connectivity index (χ1n) is 5.97. The molecule has 0 nitrogen and oxygen atoms in total. The van der Waals surface area contributed by atoms with Gasteiger partial charge in [-0.2, -0.15) is 0 Å². The second-order valence-electron chi connectivity index (χ2n) is 5.03. The maximum atomic E-state index is 2.45. The highest BCUT2D eigenvalue weighted by Crippen LogP contribution is 2.41. The van der Waals surface area contributed by atoms with E-state index in [4.69, 9.17) is 0 Å². The Morgan fingerprint density at radius 2 is 1.77 bits per heavy atom. The van der Waals surface area contributed by atoms with Gasteiger partial charge in [-0.15, -0.1) is 0 Å². The van der Waals surface area contributed by atoms with E-state index in [-0.39, 0.29) is 0 Å². The molecule has 0 radical (unpaired) electrons. The average molecular weight is 178 g/mol. The summed E-state index contributed by atoms with van der Waals surface area (Å²) in [6, 6.07) is 0. The van der Waals surface area contributed by atoms with Crippen molar-refractivity contribution >= 4 is 0 Å². The van der Waals surface area contributed by atoms with Gasteiger partial charge >= 0.3 is 0 Å². The second kappa shape index (κ2) is 3.86. The molecule has 0 amide bonds. The molecule has 0 aromatic carbocycles. The first kappa shape index (κ1) is 9.30. The first-order chi connectivity index (χ1) is 6.29. The molecule has 0 aromatic rings. The Labute approximate surface area is 82.4 Å². The van der Waals surface area contributed by atoms with Gasteiger partial charge in [0.05, 0.1) is 0 Å². The summed E-state index contributed by atoms with van der Waals surface area (Å²) in [7, 11) is 0. The van der Waals surface area contributed by atoms with E-state index in [1.54, 1.807) is 5.57 Å². The Bertz CT molecular complexity index is 212. The molecule has 1 saturated carbocycles. The normalized spacial score (nSPS) is 35.5. The third-order valence-electron chi connectivity index (χ3n) is 4.11. The van der Waals surface area contributed by atoms with Crippen LogP contribution >= 0.6 is 0 Å². The monoisotopic (exact) mass is 178 g/mol. The van der Waals surface area contributed by atoms with Crippen LogP contribution in [0.4, 0.5) is 0 Å². The third-order valence-corrected chi connectivity index (χ3v) is 4.11. The van der Waals surface area contributed by atoms with Crippen molar-refractivity contribution in [2.75, 3.05) is 0 Å². The van der Waals surface area contributed by atoms with Gasteiger partial charge in [0.25, 0.3) is 0 Å². The molecular formula is C13H22. The predicted molar refractivity (Wildman–Crippen MR) is 57.7 cm³/mol. The molecule has 2 aliphatic rings. The van der Waals surface area contributed by atoms with Gasteiger partial charge in [-0.1, -0.05) is 30.9 Å². The molecule has 0 spiro atoms. The van der Waals surface area contributed by atoms with E-state index < -0.39 is 0 Å². The van der Waals surface area contributed by atoms with Crippen molar-refractivity contribution < 1.29 is 0 Å². The standard InChI is InChI=1S/C13H22/c1-10-6-3-4-8-12(10)13-9-5-7-11(13)2/h11,13H,3-9H2,1-2H3. The highest BCUT2D eigenvalue weighted by atomic mass is 14.3. The van der Waals surface area contributed by atoms with Gasteiger partial charge < -0.3 is 0 Å². The van der Waals surface area contributed by atoms with E-state index in [2.05, 4.69) is 13.8 Å². The smallest absolute Gasteiger partial charge is 0.0175 e. The van der Waals surface area contributed by atoms with E-state index in [1.807, 2.05) is 5.57 Å². The lowest BCUT2D eigenvalue weighted by atomic mass is 9.80. The summed E-state index contributed by atoms with van der Waals surface area (Å²) in [6.45, 7) is 4.83. The van der Waals surface area contributed by atoms with Crippen LogP contribution in [0.25, 0.3) is 0 Å². The predicted octanol–water partition coefficient (Wildman–Crippen LogP) is 4.31. The zero-order chi connectivity index (χ0) is 9.26. The molecule has 2 atom stereocenters. The fourth-order valence-electron chi connectivity index (χ4n) is 3.24. The summed E-state index contributed by atoms with van der Waals surface area (Å²) in [5.74, 6) is 1.95. The van der Waals surface area contributed by atoms with Crippen LogP contribution in [-0.2, 0) is 0 Å². The fourth-order valence-corrected chi connectivity index (χ4v) is 3.24. The molecule has 2 unspecified atom stereocenters. The Balaban J connectivity index is 2.13. The molecule has 1 fully saturated rings. The topological polar surface area (TPSA) is 0 Å². The van der Waals surface area contributed by atoms with Crippen molar-refractivity contribution in [2.24, 2.45) is 11.8 Å². The average Bonchev–Trinajstić information content (AvgIpc) is 2.52. The summed E-state index contributed by atoms with van der Waals surface area (Å²) in [5, 5.41) is 0. The summed E-state index contributed by atoms with van der Waals surface area (Å²) >= 11 is 0. The molecule has 2 rings (SSSR count). The Hall–Kier alpha value is -0.260. The summed E-state index contributed by atoms with van der Waals surface area (Å²) in [5.41, 5.74) is 3.60. The van der Waals surface area contributed by atoms with E-state index >= 15 is 0 Å². The molecule has 0 saturated heterocycles. The molecule has 0 aromatic heterocycles. The van der Waals surface area contributed by atoms with Crippen LogP contribution < -0.4 is 0 Å². The van der Waals surface area contributed by atoms with Crippen LogP contribution in [-0.4, -0.2) is 0 Å². The maximum absolute atomic E-state index is 2.45. The lowest BCUT2D eigenvalue weighted by Crippen LogP contribution is -2.12. The zero-order valence-electron chi connectivity index (χ0n) is 9.10. The van der Waals surface area contributed by atoms with E-state index in [9.17, 15) is 0 Å². The van der Waals surface area contributed by atoms with E-state index in [0.717, 1.165) is 11.8 Å². The van der Waals surface area contributed by atoms with Crippen molar-refractivity contribution in [3.05, 3.63) is 11.1 Å². The van der Waals surface area contributed by atoms with E-state index in [0.29, 0.717) is 0 Å². The van der Waals surface area contributed by atoms with Crippen molar-refractivity contribution in [3.63, 3.8) is 0 Å². The van der Waals surface area contributed by atoms with Gasteiger partial charge in [0.1, 0.15) is 0 Å². The minimum atomic E-state index is 0.972. The number of rotatable bonds is 1. The van der Waals surface area contributed by atoms with Gasteiger partial charge in [0.2, 0.25) is 0 Å². The molecule has 13 heavy (non-hydrogen) atoms. The number of hydrogen-bond acceptors (Lipinski definition) is 0. The Morgan fingerprint density at radius 1 is 1.00 bits per heavy atom. The fraction of sp³-hybridized carbons (Fsp3) is 0.846. The van der Waals surface area contributed by atoms with E-state index in [1.165, 1.54) is 44.9 Å². The van der Waals surface area contributed by atoms with Crippen LogP contribution in [0.1, 0.15) is 58.8 Å². The van der Waals surface area contributed by atoms with Gasteiger partial charge in [-0.25, -0.2) is 0 Å². The highest BCUT2D eigenvalue weighted by molar-refractivity contribution is 5.19. The van der Waals surface area contributed by atoms with Crippen molar-refractivity contribution in [1.29, 1.82) is 0 Å². The van der Waals surface area contributed by atoms with Crippen LogP contribution in [0.5, 0.6) is 0 Å². The molecule has 0 N–H and O–H groups in total. The van der Waals surface area contributed by atoms with Crippen molar-refractivity contribution in [3.8, 4) is 0 Å². The SMILES string of the molecule is CC1=C(C2CCCC2C)CCCC1. The number of hydrogen-bond donors (Lipinski definition) is 0. The largest absolute Gasteiger partial charge is 0.0738 e. The maximum Gasteiger partial charge on any atom is -0.0175 e. The van der Waals surface area contributed by atoms with Crippen molar-refractivity contribution in [1.82, 2.24) is 0 Å². The summed E-state index contributed by atoms with van der Waals surface area (Å²) in [6.07, 6.45) is 10.1. The molecule has 2 aliphatic carbocycles. The Kier molecular flexibility index (Phi) is 2.76. The van der Waals surface area contributed by atoms with Crippen LogP contribution in [0.3, 0.4) is 0 Å². The molecule has 0 heteroatoms. The molecule has 0 aliphatic heterocycles. The molecule has 74 valence electrons. The second-order valence-corrected chi connectivity index (χ2v) is 5.03. The van der Waals surface area contributed by atoms with Crippen LogP contribution in [0.2, 0.25) is 0 Å². The lowest BCUT2D eigenvalue weighted by molar-refractivity contribution is 0.445. The minimum absolute atomic E-state index is 0.972. The third kappa shape index (κ3) is 1.82. The molecule has 0 bridgehead atoms. The molecular weight excluding hydrogens is 156 g/mol. The van der Waals surface area contributed by atoms with Crippen LogP contribution in [0.15, 0.2) is 11.1 Å². The zero-order valence-corrected chi connectivity index (χ0v) is 9.10. The number of allylic oxidation sites excluding steroid dienone is 2. The highest BCUT2D eigenvalue weighted by Gasteiger charge is 2.28. The van der Waals surface area contributed by atoms with Gasteiger partial charge in [-0.3, -0.25) is 0 Å². The first-order valence-corrected chi connectivity index (χ1v) is 5.97. The van der Waals surface area contributed by atoms with Gasteiger partial charge in [0, 0.05) is 0 Å². The summed E-state index contributed by atoms with van der Waals surface area (Å²) < 4.78 is 0.